The molecule has 1 aromatic carbocycles. The number of nitrogens with zero attached hydrogens (tertiary/aromatic N) is 2. The summed E-state index contributed by atoms with van der Waals surface area (Å²) in [5, 5.41) is 0. The van der Waals surface area contributed by atoms with E-state index in [9.17, 15) is 14.4 Å². The molecule has 5 nitrogen and oxygen atoms in total. The van der Waals surface area contributed by atoms with Crippen LogP contribution in [0, 0.1) is 0 Å². The molecule has 2 aliphatic rings. The molecule has 0 bridgehead atoms. The first-order valence-corrected chi connectivity index (χ1v) is 8.20. The van der Waals surface area contributed by atoms with Crippen molar-refractivity contribution in [1.29, 1.82) is 0 Å². The van der Waals surface area contributed by atoms with Gasteiger partial charge in [0, 0.05) is 42.0 Å². The first-order chi connectivity index (χ1) is 10.5. The molecule has 0 N–H and O–H groups in total. The average molecular weight is 365 g/mol. The molecule has 2 heterocycles. The Labute approximate surface area is 137 Å². The van der Waals surface area contributed by atoms with Gasteiger partial charge in [0.05, 0.1) is 0 Å². The van der Waals surface area contributed by atoms with Gasteiger partial charge in [-0.05, 0) is 37.1 Å². The van der Waals surface area contributed by atoms with Crippen LogP contribution in [0.1, 0.15) is 31.7 Å². The third-order valence-corrected chi connectivity index (χ3v) is 4.72. The Kier molecular flexibility index (Phi) is 4.04. The van der Waals surface area contributed by atoms with Gasteiger partial charge in [0.2, 0.25) is 17.7 Å². The summed E-state index contributed by atoms with van der Waals surface area (Å²) in [5.41, 5.74) is 2.07. The van der Waals surface area contributed by atoms with E-state index in [-0.39, 0.29) is 49.6 Å². The molecule has 0 radical (unpaired) electrons. The Morgan fingerprint density at radius 3 is 2.64 bits per heavy atom. The Morgan fingerprint density at radius 2 is 1.95 bits per heavy atom. The van der Waals surface area contributed by atoms with E-state index in [0.717, 1.165) is 22.1 Å². The van der Waals surface area contributed by atoms with E-state index in [1.807, 2.05) is 25.1 Å². The quantitative estimate of drug-likeness (QED) is 0.773. The lowest BCUT2D eigenvalue weighted by Gasteiger charge is -2.24. The Hall–Kier alpha value is -1.69. The lowest BCUT2D eigenvalue weighted by Crippen LogP contribution is -2.39. The predicted octanol–water partition coefficient (Wildman–Crippen LogP) is 2.27. The molecule has 116 valence electrons. The molecule has 0 unspecified atom stereocenters. The molecular formula is C16H17BrN2O3. The average Bonchev–Trinajstić information content (AvgIpc) is 2.95. The third-order valence-electron chi connectivity index (χ3n) is 4.23. The number of amides is 3. The van der Waals surface area contributed by atoms with Crippen molar-refractivity contribution in [2.24, 2.45) is 0 Å². The minimum atomic E-state index is -0.170. The summed E-state index contributed by atoms with van der Waals surface area (Å²) in [4.78, 5) is 38.7. The number of hydrogen-bond acceptors (Lipinski definition) is 3. The van der Waals surface area contributed by atoms with Crippen molar-refractivity contribution in [3.05, 3.63) is 28.2 Å². The molecule has 6 heteroatoms. The van der Waals surface area contributed by atoms with Gasteiger partial charge in [0.25, 0.3) is 0 Å². The lowest BCUT2D eigenvalue weighted by molar-refractivity contribution is -0.138. The number of anilines is 1. The predicted molar refractivity (Wildman–Crippen MR) is 85.4 cm³/mol. The summed E-state index contributed by atoms with van der Waals surface area (Å²) in [6, 6.07) is 5.99. The van der Waals surface area contributed by atoms with E-state index in [0.29, 0.717) is 0 Å². The minimum absolute atomic E-state index is 0.0407. The van der Waals surface area contributed by atoms with Crippen LogP contribution in [-0.2, 0) is 20.8 Å². The van der Waals surface area contributed by atoms with E-state index in [2.05, 4.69) is 15.9 Å². The number of benzene rings is 1. The van der Waals surface area contributed by atoms with Crippen LogP contribution in [0.5, 0.6) is 0 Å². The highest BCUT2D eigenvalue weighted by Crippen LogP contribution is 2.34. The van der Waals surface area contributed by atoms with Crippen molar-refractivity contribution in [2.75, 3.05) is 11.4 Å². The van der Waals surface area contributed by atoms with Crippen molar-refractivity contribution in [3.8, 4) is 0 Å². The highest BCUT2D eigenvalue weighted by molar-refractivity contribution is 9.10. The van der Waals surface area contributed by atoms with Crippen molar-refractivity contribution in [2.45, 2.75) is 38.6 Å². The van der Waals surface area contributed by atoms with Crippen LogP contribution in [0.3, 0.4) is 0 Å². The summed E-state index contributed by atoms with van der Waals surface area (Å²) < 4.78 is 1.00. The van der Waals surface area contributed by atoms with E-state index in [4.69, 9.17) is 0 Å². The largest absolute Gasteiger partial charge is 0.309 e. The summed E-state index contributed by atoms with van der Waals surface area (Å²) in [6.45, 7) is 2.20. The molecule has 22 heavy (non-hydrogen) atoms. The van der Waals surface area contributed by atoms with E-state index in [1.165, 1.54) is 4.90 Å². The molecule has 1 fully saturated rings. The molecule has 0 aromatic heterocycles. The number of carbonyl (C=O) groups excluding carboxylic acids is 3. The standard InChI is InChI=1S/C16H17BrN2O3/c1-10-8-11-9-12(17)2-3-13(11)19(10)16(22)6-7-18-14(20)4-5-15(18)21/h2-3,9-10H,4-8H2,1H3/t10-/m0/s1. The van der Waals surface area contributed by atoms with E-state index < -0.39 is 0 Å². The van der Waals surface area contributed by atoms with Crippen molar-refractivity contribution >= 4 is 39.3 Å². The maximum absolute atomic E-state index is 12.5. The fraction of sp³-hybridized carbons (Fsp3) is 0.438. The van der Waals surface area contributed by atoms with Crippen LogP contribution in [0.2, 0.25) is 0 Å². The molecule has 3 amide bonds. The SMILES string of the molecule is C[C@H]1Cc2cc(Br)ccc2N1C(=O)CCN1C(=O)CCC1=O. The molecule has 0 spiro atoms. The highest BCUT2D eigenvalue weighted by atomic mass is 79.9. The number of fused-ring (bicyclic) bond motifs is 1. The van der Waals surface area contributed by atoms with E-state index in [1.54, 1.807) is 4.90 Å². The molecule has 2 aliphatic heterocycles. The van der Waals surface area contributed by atoms with Crippen LogP contribution >= 0.6 is 15.9 Å². The third kappa shape index (κ3) is 2.67. The number of likely N-dealkylation sites (tertiary alicyclic amines) is 1. The maximum atomic E-state index is 12.5. The summed E-state index contributed by atoms with van der Waals surface area (Å²) in [5.74, 6) is -0.380. The molecule has 0 saturated carbocycles. The topological polar surface area (TPSA) is 57.7 Å². The van der Waals surface area contributed by atoms with Gasteiger partial charge in [0.1, 0.15) is 0 Å². The normalized spacial score (nSPS) is 20.7. The second-order valence-electron chi connectivity index (χ2n) is 5.78. The monoisotopic (exact) mass is 364 g/mol. The Balaban J connectivity index is 1.71. The van der Waals surface area contributed by atoms with Crippen molar-refractivity contribution < 1.29 is 14.4 Å². The summed E-state index contributed by atoms with van der Waals surface area (Å²) in [6.07, 6.45) is 1.54. The zero-order chi connectivity index (χ0) is 15.9. The van der Waals surface area contributed by atoms with Crippen LogP contribution in [0.15, 0.2) is 22.7 Å². The van der Waals surface area contributed by atoms with Crippen LogP contribution < -0.4 is 4.90 Å². The van der Waals surface area contributed by atoms with Gasteiger partial charge < -0.3 is 4.90 Å². The van der Waals surface area contributed by atoms with Gasteiger partial charge in [-0.25, -0.2) is 0 Å². The van der Waals surface area contributed by atoms with Crippen molar-refractivity contribution in [1.82, 2.24) is 4.90 Å². The molecule has 1 aromatic rings. The molecule has 1 atom stereocenters. The molecule has 1 saturated heterocycles. The number of imide groups is 1. The Morgan fingerprint density at radius 1 is 1.27 bits per heavy atom. The smallest absolute Gasteiger partial charge is 0.229 e. The zero-order valence-corrected chi connectivity index (χ0v) is 13.9. The fourth-order valence-electron chi connectivity index (χ4n) is 3.18. The van der Waals surface area contributed by atoms with Crippen LogP contribution in [-0.4, -0.2) is 35.2 Å². The van der Waals surface area contributed by atoms with Crippen molar-refractivity contribution in [3.63, 3.8) is 0 Å². The van der Waals surface area contributed by atoms with Gasteiger partial charge in [0.15, 0.2) is 0 Å². The second kappa shape index (κ2) is 5.83. The van der Waals surface area contributed by atoms with Gasteiger partial charge >= 0.3 is 0 Å². The Bertz CT molecular complexity index is 643. The van der Waals surface area contributed by atoms with E-state index >= 15 is 0 Å². The fourth-order valence-corrected chi connectivity index (χ4v) is 3.59. The molecular weight excluding hydrogens is 348 g/mol. The first-order valence-electron chi connectivity index (χ1n) is 7.41. The minimum Gasteiger partial charge on any atom is -0.309 e. The highest BCUT2D eigenvalue weighted by Gasteiger charge is 2.33. The van der Waals surface area contributed by atoms with Gasteiger partial charge in [-0.15, -0.1) is 0 Å². The van der Waals surface area contributed by atoms with Gasteiger partial charge in [-0.3, -0.25) is 19.3 Å². The lowest BCUT2D eigenvalue weighted by atomic mass is 10.1. The summed E-state index contributed by atoms with van der Waals surface area (Å²) in [7, 11) is 0. The number of hydrogen-bond donors (Lipinski definition) is 0. The van der Waals surface area contributed by atoms with Gasteiger partial charge in [-0.1, -0.05) is 15.9 Å². The number of halogens is 1. The maximum Gasteiger partial charge on any atom is 0.229 e. The zero-order valence-electron chi connectivity index (χ0n) is 12.3. The van der Waals surface area contributed by atoms with Crippen LogP contribution in [0.4, 0.5) is 5.69 Å². The summed E-state index contributed by atoms with van der Waals surface area (Å²) >= 11 is 3.45. The van der Waals surface area contributed by atoms with Crippen LogP contribution in [0.25, 0.3) is 0 Å². The molecule has 3 rings (SSSR count). The van der Waals surface area contributed by atoms with Gasteiger partial charge in [-0.2, -0.15) is 0 Å². The second-order valence-corrected chi connectivity index (χ2v) is 6.69. The first kappa shape index (κ1) is 15.2. The molecule has 0 aliphatic carbocycles. The number of rotatable bonds is 3. The number of carbonyl (C=O) groups is 3.